The fraction of sp³-hybridized carbons (Fsp3) is 1.00. The molecule has 0 bridgehead atoms. The van der Waals surface area contributed by atoms with Crippen molar-refractivity contribution in [1.29, 1.82) is 0 Å². The highest BCUT2D eigenvalue weighted by molar-refractivity contribution is 5.26. The van der Waals surface area contributed by atoms with Crippen LogP contribution in [0.4, 0.5) is 0 Å². The van der Waals surface area contributed by atoms with Gasteiger partial charge in [-0.15, -0.1) is 0 Å². The van der Waals surface area contributed by atoms with Gasteiger partial charge in [-0.3, -0.25) is 0 Å². The van der Waals surface area contributed by atoms with Crippen molar-refractivity contribution >= 4 is 0 Å². The minimum absolute atomic E-state index is 0.595. The molecule has 0 saturated heterocycles. The van der Waals surface area contributed by atoms with Crippen molar-refractivity contribution in [2.75, 3.05) is 0 Å². The molecular formula is C5H9N. The molecule has 0 aromatic rings. The fourth-order valence-electron chi connectivity index (χ4n) is 1.22. The van der Waals surface area contributed by atoms with Gasteiger partial charge in [0.05, 0.1) is 0 Å². The lowest BCUT2D eigenvalue weighted by Crippen LogP contribution is -2.12. The molecule has 1 heteroatoms. The van der Waals surface area contributed by atoms with Gasteiger partial charge in [-0.05, 0) is 17.8 Å². The average Bonchev–Trinajstić information content (AvgIpc) is 2.24. The van der Waals surface area contributed by atoms with Crippen LogP contribution in [-0.4, -0.2) is 6.04 Å². The molecule has 0 heterocycles. The van der Waals surface area contributed by atoms with E-state index in [-0.39, 0.29) is 0 Å². The van der Waals surface area contributed by atoms with E-state index in [4.69, 9.17) is 5.73 Å². The molecule has 0 aliphatic heterocycles. The Balaban J connectivity index is 2.23. The maximum atomic E-state index is 5.55. The van der Waals surface area contributed by atoms with Crippen LogP contribution in [0.2, 0.25) is 0 Å². The first-order valence-corrected chi connectivity index (χ1v) is 2.51. The zero-order valence-corrected chi connectivity index (χ0v) is 3.94. The molecule has 1 nitrogen and oxygen atoms in total. The Labute approximate surface area is 37.5 Å². The van der Waals surface area contributed by atoms with Crippen molar-refractivity contribution < 1.29 is 0 Å². The molecule has 0 amide bonds. The lowest BCUT2D eigenvalue weighted by atomic mass is 10.2. The Morgan fingerprint density at radius 2 is 2.17 bits per heavy atom. The van der Waals surface area contributed by atoms with E-state index in [1.54, 1.807) is 0 Å². The molecule has 0 radical (unpaired) electrons. The molecule has 2 fully saturated rings. The summed E-state index contributed by atoms with van der Waals surface area (Å²) in [6, 6.07) is 0.595. The van der Waals surface area contributed by atoms with E-state index in [0.29, 0.717) is 11.5 Å². The predicted octanol–water partition coefficient (Wildman–Crippen LogP) is 0.354. The van der Waals surface area contributed by atoms with E-state index < -0.39 is 0 Å². The first-order valence-electron chi connectivity index (χ1n) is 2.51. The maximum Gasteiger partial charge on any atom is 0.0131 e. The molecule has 3 atom stereocenters. The van der Waals surface area contributed by atoms with Gasteiger partial charge in [0, 0.05) is 6.04 Å². The van der Waals surface area contributed by atoms with Crippen molar-refractivity contribution in [3.63, 3.8) is 0 Å². The smallest absolute Gasteiger partial charge is 0.0131 e. The fourth-order valence-corrected chi connectivity index (χ4v) is 1.22. The van der Waals surface area contributed by atoms with Crippen molar-refractivity contribution in [3.05, 3.63) is 0 Å². The van der Waals surface area contributed by atoms with Crippen LogP contribution in [0.15, 0.2) is 0 Å². The van der Waals surface area contributed by atoms with Gasteiger partial charge in [0.1, 0.15) is 0 Å². The SMILES string of the molecule is CC12C[C@H]1C2N. The molecule has 2 rings (SSSR count). The number of hydrogen-bond donors (Lipinski definition) is 1. The van der Waals surface area contributed by atoms with E-state index in [9.17, 15) is 0 Å². The van der Waals surface area contributed by atoms with Crippen LogP contribution in [0.5, 0.6) is 0 Å². The third kappa shape index (κ3) is 0.121. The largest absolute Gasteiger partial charge is 0.327 e. The van der Waals surface area contributed by atoms with E-state index >= 15 is 0 Å². The normalized spacial score (nSPS) is 73.0. The number of hydrogen-bond acceptors (Lipinski definition) is 1. The van der Waals surface area contributed by atoms with Gasteiger partial charge in [0.15, 0.2) is 0 Å². The standard InChI is InChI=1S/C5H9N/c1-5-2-3(5)4(5)6/h3-4H,2,6H2,1H3/t3-,4?,5?/m0/s1. The summed E-state index contributed by atoms with van der Waals surface area (Å²) in [6.45, 7) is 2.27. The lowest BCUT2D eigenvalue weighted by molar-refractivity contribution is 0.628. The summed E-state index contributed by atoms with van der Waals surface area (Å²) >= 11 is 0. The number of rotatable bonds is 0. The van der Waals surface area contributed by atoms with Crippen molar-refractivity contribution in [1.82, 2.24) is 0 Å². The Morgan fingerprint density at radius 3 is 2.17 bits per heavy atom. The Bertz CT molecular complexity index is 94.1. The molecule has 2 aliphatic rings. The van der Waals surface area contributed by atoms with Gasteiger partial charge in [0.25, 0.3) is 0 Å². The van der Waals surface area contributed by atoms with Gasteiger partial charge in [0.2, 0.25) is 0 Å². The van der Waals surface area contributed by atoms with Crippen LogP contribution < -0.4 is 5.73 Å². The molecule has 2 saturated carbocycles. The van der Waals surface area contributed by atoms with Gasteiger partial charge >= 0.3 is 0 Å². The van der Waals surface area contributed by atoms with Gasteiger partial charge in [-0.2, -0.15) is 0 Å². The summed E-state index contributed by atoms with van der Waals surface area (Å²) in [5.41, 5.74) is 6.20. The minimum Gasteiger partial charge on any atom is -0.327 e. The second-order valence-corrected chi connectivity index (χ2v) is 2.84. The highest BCUT2D eigenvalue weighted by Crippen LogP contribution is 2.73. The molecule has 6 heavy (non-hydrogen) atoms. The minimum atomic E-state index is 0.595. The van der Waals surface area contributed by atoms with Crippen LogP contribution in [0.3, 0.4) is 0 Å². The van der Waals surface area contributed by atoms with Crippen LogP contribution in [-0.2, 0) is 0 Å². The highest BCUT2D eigenvalue weighted by atomic mass is 14.9. The summed E-state index contributed by atoms with van der Waals surface area (Å²) < 4.78 is 0. The van der Waals surface area contributed by atoms with Crippen LogP contribution in [0, 0.1) is 11.3 Å². The number of nitrogens with two attached hydrogens (primary N) is 1. The second-order valence-electron chi connectivity index (χ2n) is 2.84. The van der Waals surface area contributed by atoms with Crippen LogP contribution >= 0.6 is 0 Å². The molecule has 2 unspecified atom stereocenters. The quantitative estimate of drug-likeness (QED) is 0.449. The Hall–Kier alpha value is -0.0400. The summed E-state index contributed by atoms with van der Waals surface area (Å²) in [5, 5.41) is 0. The summed E-state index contributed by atoms with van der Waals surface area (Å²) in [6.07, 6.45) is 1.41. The topological polar surface area (TPSA) is 26.0 Å². The van der Waals surface area contributed by atoms with Gasteiger partial charge < -0.3 is 5.73 Å². The Morgan fingerprint density at radius 1 is 1.83 bits per heavy atom. The van der Waals surface area contributed by atoms with Crippen molar-refractivity contribution in [2.45, 2.75) is 19.4 Å². The molecular weight excluding hydrogens is 74.1 g/mol. The van der Waals surface area contributed by atoms with E-state index in [0.717, 1.165) is 5.92 Å². The molecule has 0 aromatic carbocycles. The van der Waals surface area contributed by atoms with Crippen molar-refractivity contribution in [2.24, 2.45) is 17.1 Å². The van der Waals surface area contributed by atoms with Gasteiger partial charge in [-0.1, -0.05) is 6.92 Å². The van der Waals surface area contributed by atoms with E-state index in [1.807, 2.05) is 0 Å². The van der Waals surface area contributed by atoms with Crippen LogP contribution in [0.1, 0.15) is 13.3 Å². The van der Waals surface area contributed by atoms with E-state index in [2.05, 4.69) is 6.92 Å². The van der Waals surface area contributed by atoms with E-state index in [1.165, 1.54) is 6.42 Å². The molecule has 2 N–H and O–H groups in total. The summed E-state index contributed by atoms with van der Waals surface area (Å²) in [4.78, 5) is 0. The molecule has 34 valence electrons. The summed E-state index contributed by atoms with van der Waals surface area (Å²) in [7, 11) is 0. The second kappa shape index (κ2) is 0.463. The third-order valence-corrected chi connectivity index (χ3v) is 2.43. The molecule has 2 aliphatic carbocycles. The van der Waals surface area contributed by atoms with Gasteiger partial charge in [-0.25, -0.2) is 0 Å². The molecule has 0 spiro atoms. The Kier molecular flexibility index (Phi) is 0.234. The summed E-state index contributed by atoms with van der Waals surface area (Å²) in [5.74, 6) is 0.942. The molecule has 0 aromatic heterocycles. The first kappa shape index (κ1) is 3.03. The van der Waals surface area contributed by atoms with Crippen molar-refractivity contribution in [3.8, 4) is 0 Å². The lowest BCUT2D eigenvalue weighted by Gasteiger charge is -1.94. The monoisotopic (exact) mass is 83.1 g/mol. The zero-order valence-electron chi connectivity index (χ0n) is 3.94. The zero-order chi connectivity index (χ0) is 4.36. The van der Waals surface area contributed by atoms with Crippen LogP contribution in [0.25, 0.3) is 0 Å². The highest BCUT2D eigenvalue weighted by Gasteiger charge is 2.73. The maximum absolute atomic E-state index is 5.55. The third-order valence-electron chi connectivity index (χ3n) is 2.43. The number of fused-ring (bicyclic) bond motifs is 1. The predicted molar refractivity (Wildman–Crippen MR) is 24.2 cm³/mol. The first-order chi connectivity index (χ1) is 2.75. The average molecular weight is 83.1 g/mol.